The molecular weight excluding hydrogens is 348 g/mol. The van der Waals surface area contributed by atoms with E-state index in [4.69, 9.17) is 0 Å². The molecule has 0 aromatic heterocycles. The van der Waals surface area contributed by atoms with Crippen LogP contribution in [0.1, 0.15) is 50.5 Å². The fourth-order valence-corrected chi connectivity index (χ4v) is 5.16. The maximum absolute atomic E-state index is 13.3. The smallest absolute Gasteiger partial charge is 0.226 e. The summed E-state index contributed by atoms with van der Waals surface area (Å²) in [6, 6.07) is 10.2. The van der Waals surface area contributed by atoms with E-state index in [9.17, 15) is 9.59 Å². The summed E-state index contributed by atoms with van der Waals surface area (Å²) in [5.74, 6) is 1.37. The van der Waals surface area contributed by atoms with Gasteiger partial charge >= 0.3 is 0 Å². The highest BCUT2D eigenvalue weighted by atomic mass is 16.2. The van der Waals surface area contributed by atoms with Crippen molar-refractivity contribution in [1.82, 2.24) is 9.80 Å². The number of allylic oxidation sites excluding steroid dienone is 1. The van der Waals surface area contributed by atoms with Gasteiger partial charge in [-0.3, -0.25) is 9.59 Å². The van der Waals surface area contributed by atoms with E-state index in [1.807, 2.05) is 23.1 Å². The van der Waals surface area contributed by atoms with Gasteiger partial charge in [-0.05, 0) is 43.6 Å². The van der Waals surface area contributed by atoms with Gasteiger partial charge in [-0.25, -0.2) is 0 Å². The molecule has 150 valence electrons. The highest BCUT2D eigenvalue weighted by Crippen LogP contribution is 2.33. The summed E-state index contributed by atoms with van der Waals surface area (Å²) in [5, 5.41) is 0. The number of amides is 2. The molecule has 2 fully saturated rings. The number of carbonyl (C=O) groups is 2. The molecule has 1 saturated carbocycles. The third kappa shape index (κ3) is 4.31. The molecule has 28 heavy (non-hydrogen) atoms. The minimum atomic E-state index is 0.0613. The largest absolute Gasteiger partial charge is 0.342 e. The Labute approximate surface area is 168 Å². The maximum Gasteiger partial charge on any atom is 0.226 e. The van der Waals surface area contributed by atoms with Gasteiger partial charge in [-0.2, -0.15) is 0 Å². The number of benzene rings is 1. The molecule has 0 unspecified atom stereocenters. The first-order chi connectivity index (χ1) is 13.7. The van der Waals surface area contributed by atoms with Gasteiger partial charge in [-0.15, -0.1) is 0 Å². The maximum atomic E-state index is 13.3. The number of piperidine rings is 1. The Morgan fingerprint density at radius 2 is 1.68 bits per heavy atom. The highest BCUT2D eigenvalue weighted by Gasteiger charge is 2.36. The average Bonchev–Trinajstić information content (AvgIpc) is 3.22. The van der Waals surface area contributed by atoms with Crippen molar-refractivity contribution >= 4 is 11.8 Å². The van der Waals surface area contributed by atoms with Crippen molar-refractivity contribution in [3.05, 3.63) is 48.0 Å². The van der Waals surface area contributed by atoms with Crippen LogP contribution < -0.4 is 0 Å². The average molecular weight is 381 g/mol. The van der Waals surface area contributed by atoms with Crippen molar-refractivity contribution in [2.45, 2.75) is 51.5 Å². The van der Waals surface area contributed by atoms with Crippen LogP contribution in [-0.2, 0) is 16.1 Å². The molecule has 4 heteroatoms. The molecule has 1 saturated heterocycles. The molecule has 4 rings (SSSR count). The molecule has 4 nitrogen and oxygen atoms in total. The van der Waals surface area contributed by atoms with Crippen LogP contribution in [0.15, 0.2) is 42.5 Å². The van der Waals surface area contributed by atoms with Crippen molar-refractivity contribution in [3.8, 4) is 0 Å². The second kappa shape index (κ2) is 8.93. The Bertz CT molecular complexity index is 701. The van der Waals surface area contributed by atoms with E-state index < -0.39 is 0 Å². The fraction of sp³-hybridized carbons (Fsp3) is 0.583. The molecule has 1 atom stereocenters. The minimum Gasteiger partial charge on any atom is -0.342 e. The Morgan fingerprint density at radius 1 is 0.964 bits per heavy atom. The van der Waals surface area contributed by atoms with Crippen molar-refractivity contribution < 1.29 is 9.59 Å². The minimum absolute atomic E-state index is 0.0613. The predicted molar refractivity (Wildman–Crippen MR) is 110 cm³/mol. The van der Waals surface area contributed by atoms with Gasteiger partial charge in [0.2, 0.25) is 11.8 Å². The van der Waals surface area contributed by atoms with Gasteiger partial charge in [-0.1, -0.05) is 55.3 Å². The molecule has 0 bridgehead atoms. The van der Waals surface area contributed by atoms with Crippen LogP contribution in [-0.4, -0.2) is 41.2 Å². The molecule has 2 aliphatic heterocycles. The normalized spacial score (nSPS) is 24.6. The van der Waals surface area contributed by atoms with Crippen molar-refractivity contribution in [2.75, 3.05) is 19.6 Å². The van der Waals surface area contributed by atoms with E-state index >= 15 is 0 Å². The van der Waals surface area contributed by atoms with E-state index in [0.29, 0.717) is 24.9 Å². The lowest BCUT2D eigenvalue weighted by atomic mass is 9.81. The van der Waals surface area contributed by atoms with Gasteiger partial charge in [0.1, 0.15) is 0 Å². The van der Waals surface area contributed by atoms with E-state index in [1.54, 1.807) is 0 Å². The molecule has 1 aromatic rings. The Morgan fingerprint density at radius 3 is 2.39 bits per heavy atom. The molecule has 0 spiro atoms. The van der Waals surface area contributed by atoms with Crippen LogP contribution in [0.2, 0.25) is 0 Å². The van der Waals surface area contributed by atoms with Crippen molar-refractivity contribution in [3.63, 3.8) is 0 Å². The number of rotatable bonds is 4. The van der Waals surface area contributed by atoms with Crippen LogP contribution in [0, 0.1) is 17.8 Å². The zero-order chi connectivity index (χ0) is 19.3. The zero-order valence-electron chi connectivity index (χ0n) is 16.8. The Kier molecular flexibility index (Phi) is 6.13. The van der Waals surface area contributed by atoms with Gasteiger partial charge < -0.3 is 9.80 Å². The first-order valence-corrected chi connectivity index (χ1v) is 11.0. The summed E-state index contributed by atoms with van der Waals surface area (Å²) in [4.78, 5) is 30.1. The monoisotopic (exact) mass is 380 g/mol. The Hall–Kier alpha value is -2.10. The molecule has 3 aliphatic rings. The van der Waals surface area contributed by atoms with Crippen molar-refractivity contribution in [2.24, 2.45) is 17.8 Å². The molecule has 1 aromatic carbocycles. The summed E-state index contributed by atoms with van der Waals surface area (Å²) in [6.07, 6.45) is 11.6. The summed E-state index contributed by atoms with van der Waals surface area (Å²) in [5.41, 5.74) is 1.18. The van der Waals surface area contributed by atoms with E-state index in [1.165, 1.54) is 18.4 Å². The third-order valence-electron chi connectivity index (χ3n) is 6.85. The van der Waals surface area contributed by atoms with Crippen LogP contribution in [0.4, 0.5) is 0 Å². The number of likely N-dealkylation sites (tertiary alicyclic amines) is 1. The van der Waals surface area contributed by atoms with Crippen LogP contribution in [0.5, 0.6) is 0 Å². The number of hydrogen-bond donors (Lipinski definition) is 0. The first-order valence-electron chi connectivity index (χ1n) is 11.0. The number of carbonyl (C=O) groups excluding carboxylic acids is 2. The third-order valence-corrected chi connectivity index (χ3v) is 6.85. The molecular formula is C24H32N2O2. The topological polar surface area (TPSA) is 40.6 Å². The van der Waals surface area contributed by atoms with Crippen LogP contribution in [0.25, 0.3) is 0 Å². The molecule has 2 amide bonds. The Balaban J connectivity index is 1.36. The van der Waals surface area contributed by atoms with E-state index in [0.717, 1.165) is 45.2 Å². The SMILES string of the molecule is O=C(C1CCCC1)N1CCC([C@H]2CC=CCN(Cc3ccccc3)C2=O)CC1. The van der Waals surface area contributed by atoms with Gasteiger partial charge in [0.15, 0.2) is 0 Å². The first kappa shape index (κ1) is 19.2. The second-order valence-electron chi connectivity index (χ2n) is 8.66. The highest BCUT2D eigenvalue weighted by molar-refractivity contribution is 5.80. The summed E-state index contributed by atoms with van der Waals surface area (Å²) in [6.45, 7) is 3.03. The summed E-state index contributed by atoms with van der Waals surface area (Å²) < 4.78 is 0. The standard InChI is InChI=1S/C24H32N2O2/c27-23(21-10-4-5-11-21)25-16-13-20(14-17-25)22-12-6-7-15-26(24(22)28)18-19-8-2-1-3-9-19/h1-3,6-9,20-22H,4-5,10-18H2/t22-/m1/s1. The van der Waals surface area contributed by atoms with E-state index in [2.05, 4.69) is 29.2 Å². The van der Waals surface area contributed by atoms with Gasteiger partial charge in [0, 0.05) is 38.0 Å². The van der Waals surface area contributed by atoms with Crippen molar-refractivity contribution in [1.29, 1.82) is 0 Å². The van der Waals surface area contributed by atoms with E-state index in [-0.39, 0.29) is 17.7 Å². The number of hydrogen-bond acceptors (Lipinski definition) is 2. The number of nitrogens with zero attached hydrogens (tertiary/aromatic N) is 2. The molecule has 0 radical (unpaired) electrons. The van der Waals surface area contributed by atoms with Gasteiger partial charge in [0.25, 0.3) is 0 Å². The van der Waals surface area contributed by atoms with Crippen LogP contribution in [0.3, 0.4) is 0 Å². The summed E-state index contributed by atoms with van der Waals surface area (Å²) in [7, 11) is 0. The quantitative estimate of drug-likeness (QED) is 0.740. The lowest BCUT2D eigenvalue weighted by molar-refractivity contribution is -0.139. The summed E-state index contributed by atoms with van der Waals surface area (Å²) >= 11 is 0. The molecule has 1 aliphatic carbocycles. The lowest BCUT2D eigenvalue weighted by Crippen LogP contribution is -2.45. The van der Waals surface area contributed by atoms with Crippen LogP contribution >= 0.6 is 0 Å². The lowest BCUT2D eigenvalue weighted by Gasteiger charge is -2.37. The zero-order valence-corrected chi connectivity index (χ0v) is 16.8. The second-order valence-corrected chi connectivity index (χ2v) is 8.66. The van der Waals surface area contributed by atoms with Gasteiger partial charge in [0.05, 0.1) is 0 Å². The fourth-order valence-electron chi connectivity index (χ4n) is 5.16. The predicted octanol–water partition coefficient (Wildman–Crippen LogP) is 4.02. The molecule has 0 N–H and O–H groups in total. The molecule has 2 heterocycles.